The summed E-state index contributed by atoms with van der Waals surface area (Å²) in [6.07, 6.45) is 1.34. The Hall–Kier alpha value is -1.08. The lowest BCUT2D eigenvalue weighted by atomic mass is 9.97. The maximum absolute atomic E-state index is 9.81. The van der Waals surface area contributed by atoms with Crippen molar-refractivity contribution in [3.8, 4) is 0 Å². The van der Waals surface area contributed by atoms with Gasteiger partial charge in [0.15, 0.2) is 0 Å². The Balaban J connectivity index is 2.82. The van der Waals surface area contributed by atoms with Crippen molar-refractivity contribution >= 4 is 0 Å². The molecular weight excluding hydrogens is 160 g/mol. The van der Waals surface area contributed by atoms with E-state index in [-0.39, 0.29) is 5.92 Å². The van der Waals surface area contributed by atoms with Gasteiger partial charge < -0.3 is 5.11 Å². The second kappa shape index (κ2) is 4.24. The smallest absolute Gasteiger partial charge is 0.0849 e. The molecule has 1 N–H and O–H groups in total. The number of hydrogen-bond acceptors (Lipinski definition) is 1. The molecule has 2 unspecified atom stereocenters. The van der Waals surface area contributed by atoms with Crippen LogP contribution in [0.2, 0.25) is 0 Å². The highest BCUT2D eigenvalue weighted by Crippen LogP contribution is 2.22. The van der Waals surface area contributed by atoms with Crippen molar-refractivity contribution in [2.45, 2.75) is 20.0 Å². The van der Waals surface area contributed by atoms with Crippen molar-refractivity contribution in [1.82, 2.24) is 0 Å². The van der Waals surface area contributed by atoms with E-state index in [1.165, 1.54) is 5.56 Å². The molecule has 70 valence electrons. The van der Waals surface area contributed by atoms with Crippen LogP contribution in [0.1, 0.15) is 24.2 Å². The third-order valence-electron chi connectivity index (χ3n) is 2.29. The first kappa shape index (κ1) is 10.0. The Morgan fingerprint density at radius 2 is 1.85 bits per heavy atom. The fourth-order valence-electron chi connectivity index (χ4n) is 1.20. The highest BCUT2D eigenvalue weighted by molar-refractivity contribution is 5.23. The van der Waals surface area contributed by atoms with Gasteiger partial charge in [0, 0.05) is 5.92 Å². The van der Waals surface area contributed by atoms with Crippen LogP contribution in [-0.2, 0) is 0 Å². The normalized spacial score (nSPS) is 15.0. The first-order chi connectivity index (χ1) is 6.15. The second-order valence-corrected chi connectivity index (χ2v) is 3.45. The Morgan fingerprint density at radius 3 is 2.31 bits per heavy atom. The average molecular weight is 176 g/mol. The van der Waals surface area contributed by atoms with Gasteiger partial charge in [-0.25, -0.2) is 0 Å². The van der Waals surface area contributed by atoms with Crippen LogP contribution in [0.5, 0.6) is 0 Å². The van der Waals surface area contributed by atoms with E-state index < -0.39 is 6.10 Å². The number of benzene rings is 1. The topological polar surface area (TPSA) is 20.2 Å². The van der Waals surface area contributed by atoms with Gasteiger partial charge in [-0.05, 0) is 12.5 Å². The van der Waals surface area contributed by atoms with Crippen molar-refractivity contribution in [1.29, 1.82) is 0 Å². The summed E-state index contributed by atoms with van der Waals surface area (Å²) in [5, 5.41) is 9.81. The van der Waals surface area contributed by atoms with E-state index in [9.17, 15) is 5.11 Å². The van der Waals surface area contributed by atoms with E-state index in [0.29, 0.717) is 0 Å². The molecule has 1 rings (SSSR count). The number of aliphatic hydroxyl groups excluding tert-OH is 1. The Morgan fingerprint density at radius 1 is 1.31 bits per heavy atom. The number of aliphatic hydroxyl groups is 1. The monoisotopic (exact) mass is 176 g/mol. The Kier molecular flexibility index (Phi) is 3.26. The highest BCUT2D eigenvalue weighted by atomic mass is 16.3. The third kappa shape index (κ3) is 2.43. The minimum atomic E-state index is -0.432. The zero-order chi connectivity index (χ0) is 9.84. The van der Waals surface area contributed by atoms with Crippen LogP contribution in [0.3, 0.4) is 0 Å². The Bertz CT molecular complexity index is 274. The molecule has 0 aliphatic rings. The number of aryl methyl sites for hydroxylation is 1. The summed E-state index contributed by atoms with van der Waals surface area (Å²) >= 11 is 0. The summed E-state index contributed by atoms with van der Waals surface area (Å²) in [6, 6.07) is 7.93. The number of rotatable bonds is 3. The quantitative estimate of drug-likeness (QED) is 0.702. The first-order valence-corrected chi connectivity index (χ1v) is 4.52. The molecule has 0 heterocycles. The van der Waals surface area contributed by atoms with Crippen LogP contribution in [0.15, 0.2) is 36.9 Å². The van der Waals surface area contributed by atoms with E-state index in [1.807, 2.05) is 38.1 Å². The summed E-state index contributed by atoms with van der Waals surface area (Å²) in [7, 11) is 0. The molecule has 1 nitrogen and oxygen atoms in total. The Labute approximate surface area is 79.7 Å². The molecule has 0 saturated heterocycles. The maximum Gasteiger partial charge on any atom is 0.0849 e. The first-order valence-electron chi connectivity index (χ1n) is 4.52. The lowest BCUT2D eigenvalue weighted by molar-refractivity contribution is 0.140. The molecular formula is C12H16O. The van der Waals surface area contributed by atoms with E-state index in [4.69, 9.17) is 0 Å². The van der Waals surface area contributed by atoms with Gasteiger partial charge in [-0.3, -0.25) is 0 Å². The van der Waals surface area contributed by atoms with Crippen molar-refractivity contribution in [3.05, 3.63) is 48.0 Å². The van der Waals surface area contributed by atoms with Gasteiger partial charge in [-0.1, -0.05) is 42.8 Å². The molecule has 0 bridgehead atoms. The zero-order valence-corrected chi connectivity index (χ0v) is 8.20. The largest absolute Gasteiger partial charge is 0.388 e. The predicted octanol–water partition coefficient (Wildman–Crippen LogP) is 2.85. The molecule has 13 heavy (non-hydrogen) atoms. The molecule has 0 fully saturated rings. The van der Waals surface area contributed by atoms with Crippen LogP contribution < -0.4 is 0 Å². The molecule has 0 radical (unpaired) electrons. The minimum absolute atomic E-state index is 0.0997. The van der Waals surface area contributed by atoms with Gasteiger partial charge in [0.25, 0.3) is 0 Å². The minimum Gasteiger partial charge on any atom is -0.388 e. The summed E-state index contributed by atoms with van der Waals surface area (Å²) in [5.41, 5.74) is 2.17. The molecule has 1 aromatic carbocycles. The molecule has 0 aliphatic heterocycles. The second-order valence-electron chi connectivity index (χ2n) is 3.45. The van der Waals surface area contributed by atoms with Crippen molar-refractivity contribution in [2.75, 3.05) is 0 Å². The van der Waals surface area contributed by atoms with Crippen LogP contribution in [0.4, 0.5) is 0 Å². The predicted molar refractivity (Wildman–Crippen MR) is 55.5 cm³/mol. The molecule has 0 aliphatic carbocycles. The third-order valence-corrected chi connectivity index (χ3v) is 2.29. The fourth-order valence-corrected chi connectivity index (χ4v) is 1.20. The number of hydrogen-bond donors (Lipinski definition) is 1. The molecule has 0 spiro atoms. The molecule has 2 atom stereocenters. The maximum atomic E-state index is 9.81. The van der Waals surface area contributed by atoms with Crippen molar-refractivity contribution in [2.24, 2.45) is 5.92 Å². The van der Waals surface area contributed by atoms with E-state index in [2.05, 4.69) is 6.58 Å². The van der Waals surface area contributed by atoms with E-state index >= 15 is 0 Å². The molecule has 0 aromatic heterocycles. The van der Waals surface area contributed by atoms with Gasteiger partial charge in [0.05, 0.1) is 6.10 Å². The van der Waals surface area contributed by atoms with E-state index in [1.54, 1.807) is 6.08 Å². The van der Waals surface area contributed by atoms with Gasteiger partial charge in [0.2, 0.25) is 0 Å². The lowest BCUT2D eigenvalue weighted by Gasteiger charge is -2.15. The summed E-state index contributed by atoms with van der Waals surface area (Å²) in [5.74, 6) is 0.0997. The molecule has 0 amide bonds. The van der Waals surface area contributed by atoms with Gasteiger partial charge in [0.1, 0.15) is 0 Å². The van der Waals surface area contributed by atoms with Crippen LogP contribution in [-0.4, -0.2) is 5.11 Å². The van der Waals surface area contributed by atoms with E-state index in [0.717, 1.165) is 5.56 Å². The van der Waals surface area contributed by atoms with Gasteiger partial charge in [-0.2, -0.15) is 0 Å². The van der Waals surface area contributed by atoms with Crippen LogP contribution in [0, 0.1) is 12.8 Å². The van der Waals surface area contributed by atoms with Gasteiger partial charge >= 0.3 is 0 Å². The fraction of sp³-hybridized carbons (Fsp3) is 0.333. The SMILES string of the molecule is C=CC(C)C(O)c1ccc(C)cc1. The average Bonchev–Trinajstić information content (AvgIpc) is 2.17. The summed E-state index contributed by atoms with van der Waals surface area (Å²) in [6.45, 7) is 7.66. The van der Waals surface area contributed by atoms with Crippen LogP contribution in [0.25, 0.3) is 0 Å². The summed E-state index contributed by atoms with van der Waals surface area (Å²) in [4.78, 5) is 0. The molecule has 0 saturated carbocycles. The molecule has 1 heteroatoms. The lowest BCUT2D eigenvalue weighted by Crippen LogP contribution is -2.05. The van der Waals surface area contributed by atoms with Gasteiger partial charge in [-0.15, -0.1) is 6.58 Å². The van der Waals surface area contributed by atoms with Crippen molar-refractivity contribution in [3.63, 3.8) is 0 Å². The van der Waals surface area contributed by atoms with Crippen LogP contribution >= 0.6 is 0 Å². The summed E-state index contributed by atoms with van der Waals surface area (Å²) < 4.78 is 0. The highest BCUT2D eigenvalue weighted by Gasteiger charge is 2.12. The molecule has 1 aromatic rings. The standard InChI is InChI=1S/C12H16O/c1-4-10(3)12(13)11-7-5-9(2)6-8-11/h4-8,10,12-13H,1H2,2-3H3. The zero-order valence-electron chi connectivity index (χ0n) is 8.20. The van der Waals surface area contributed by atoms with Crippen molar-refractivity contribution < 1.29 is 5.11 Å².